The number of benzene rings is 1. The quantitative estimate of drug-likeness (QED) is 0.781. The van der Waals surface area contributed by atoms with Crippen molar-refractivity contribution in [3.05, 3.63) is 30.0 Å². The number of anilines is 1. The number of aryl methyl sites for hydroxylation is 2. The molecular formula is C15H18N4. The lowest BCUT2D eigenvalue weighted by molar-refractivity contribution is 0.609. The molecule has 0 unspecified atom stereocenters. The van der Waals surface area contributed by atoms with Gasteiger partial charge in [-0.25, -0.2) is 4.98 Å². The summed E-state index contributed by atoms with van der Waals surface area (Å²) in [4.78, 5) is 4.49. The summed E-state index contributed by atoms with van der Waals surface area (Å²) in [5.41, 5.74) is 9.11. The third-order valence-corrected chi connectivity index (χ3v) is 3.48. The van der Waals surface area contributed by atoms with Gasteiger partial charge < -0.3 is 5.73 Å². The summed E-state index contributed by atoms with van der Waals surface area (Å²) < 4.78 is 1.97. The minimum Gasteiger partial charge on any atom is -0.382 e. The van der Waals surface area contributed by atoms with Crippen molar-refractivity contribution in [3.8, 4) is 0 Å². The van der Waals surface area contributed by atoms with Crippen LogP contribution in [-0.4, -0.2) is 14.8 Å². The standard InChI is InChI=1S/C15H18N4/c1-3-8-19-9-11-13-10(4-2)6-5-7-12(13)17-15(16)14(11)18-19/h5-7,9H,3-4,8H2,1-2H3,(H2,16,17). The van der Waals surface area contributed by atoms with E-state index in [2.05, 4.69) is 36.2 Å². The van der Waals surface area contributed by atoms with Crippen LogP contribution in [0.4, 0.5) is 5.82 Å². The van der Waals surface area contributed by atoms with Crippen molar-refractivity contribution in [1.82, 2.24) is 14.8 Å². The molecule has 0 aliphatic heterocycles. The van der Waals surface area contributed by atoms with Crippen LogP contribution in [0.25, 0.3) is 21.8 Å². The van der Waals surface area contributed by atoms with Gasteiger partial charge in [0.25, 0.3) is 0 Å². The second-order valence-electron chi connectivity index (χ2n) is 4.82. The SMILES string of the molecule is CCCn1cc2c(n1)c(N)nc1cccc(CC)c12. The van der Waals surface area contributed by atoms with Gasteiger partial charge >= 0.3 is 0 Å². The van der Waals surface area contributed by atoms with Crippen LogP contribution in [0.3, 0.4) is 0 Å². The molecule has 19 heavy (non-hydrogen) atoms. The fourth-order valence-electron chi connectivity index (χ4n) is 2.61. The Kier molecular flexibility index (Phi) is 2.85. The van der Waals surface area contributed by atoms with Gasteiger partial charge in [-0.15, -0.1) is 0 Å². The first kappa shape index (κ1) is 12.0. The van der Waals surface area contributed by atoms with Gasteiger partial charge in [0.2, 0.25) is 0 Å². The Balaban J connectivity index is 2.42. The van der Waals surface area contributed by atoms with Crippen LogP contribution in [0.5, 0.6) is 0 Å². The molecule has 2 N–H and O–H groups in total. The molecule has 1 aromatic carbocycles. The number of pyridine rings is 1. The molecule has 3 rings (SSSR count). The molecule has 0 spiro atoms. The summed E-state index contributed by atoms with van der Waals surface area (Å²) in [6.45, 7) is 5.21. The third kappa shape index (κ3) is 1.84. The number of hydrogen-bond donors (Lipinski definition) is 1. The first-order valence-electron chi connectivity index (χ1n) is 6.78. The van der Waals surface area contributed by atoms with E-state index >= 15 is 0 Å². The molecule has 2 aromatic heterocycles. The normalized spacial score (nSPS) is 11.5. The minimum atomic E-state index is 0.519. The van der Waals surface area contributed by atoms with Crippen LogP contribution in [0.15, 0.2) is 24.4 Å². The summed E-state index contributed by atoms with van der Waals surface area (Å²) in [6.07, 6.45) is 4.13. The molecule has 0 amide bonds. The Morgan fingerprint density at radius 1 is 1.26 bits per heavy atom. The average Bonchev–Trinajstić information content (AvgIpc) is 2.83. The molecular weight excluding hydrogens is 236 g/mol. The molecule has 0 saturated carbocycles. The number of nitrogens with two attached hydrogens (primary N) is 1. The second-order valence-corrected chi connectivity index (χ2v) is 4.82. The maximum Gasteiger partial charge on any atom is 0.152 e. The Morgan fingerprint density at radius 3 is 2.84 bits per heavy atom. The highest BCUT2D eigenvalue weighted by Gasteiger charge is 2.12. The smallest absolute Gasteiger partial charge is 0.152 e. The lowest BCUT2D eigenvalue weighted by atomic mass is 10.0. The molecule has 3 aromatic rings. The molecule has 0 aliphatic rings. The summed E-state index contributed by atoms with van der Waals surface area (Å²) in [5.74, 6) is 0.519. The van der Waals surface area contributed by atoms with Crippen molar-refractivity contribution in [2.75, 3.05) is 5.73 Å². The van der Waals surface area contributed by atoms with Gasteiger partial charge in [0.05, 0.1) is 5.52 Å². The van der Waals surface area contributed by atoms with E-state index in [1.54, 1.807) is 0 Å². The van der Waals surface area contributed by atoms with Crippen LogP contribution >= 0.6 is 0 Å². The van der Waals surface area contributed by atoms with Crippen molar-refractivity contribution in [3.63, 3.8) is 0 Å². The number of nitrogens with zero attached hydrogens (tertiary/aromatic N) is 3. The highest BCUT2D eigenvalue weighted by Crippen LogP contribution is 2.29. The van der Waals surface area contributed by atoms with Crippen LogP contribution in [0, 0.1) is 0 Å². The fourth-order valence-corrected chi connectivity index (χ4v) is 2.61. The van der Waals surface area contributed by atoms with E-state index in [-0.39, 0.29) is 0 Å². The van der Waals surface area contributed by atoms with Gasteiger partial charge in [-0.2, -0.15) is 5.10 Å². The van der Waals surface area contributed by atoms with E-state index in [0.29, 0.717) is 5.82 Å². The molecule has 4 nitrogen and oxygen atoms in total. The van der Waals surface area contributed by atoms with Crippen LogP contribution in [0.1, 0.15) is 25.8 Å². The van der Waals surface area contributed by atoms with Crippen molar-refractivity contribution in [1.29, 1.82) is 0 Å². The summed E-state index contributed by atoms with van der Waals surface area (Å²) >= 11 is 0. The van der Waals surface area contributed by atoms with Gasteiger partial charge in [-0.05, 0) is 24.5 Å². The van der Waals surface area contributed by atoms with E-state index in [0.717, 1.165) is 35.8 Å². The van der Waals surface area contributed by atoms with Gasteiger partial charge in [0.15, 0.2) is 5.82 Å². The number of rotatable bonds is 3. The predicted octanol–water partition coefficient (Wildman–Crippen LogP) is 3.14. The summed E-state index contributed by atoms with van der Waals surface area (Å²) in [5, 5.41) is 6.87. The molecule has 0 aliphatic carbocycles. The molecule has 98 valence electrons. The topological polar surface area (TPSA) is 56.7 Å². The average molecular weight is 254 g/mol. The van der Waals surface area contributed by atoms with E-state index in [1.807, 2.05) is 16.8 Å². The van der Waals surface area contributed by atoms with Crippen LogP contribution in [-0.2, 0) is 13.0 Å². The zero-order valence-corrected chi connectivity index (χ0v) is 11.3. The Labute approximate surface area is 112 Å². The van der Waals surface area contributed by atoms with Crippen molar-refractivity contribution >= 4 is 27.6 Å². The number of fused-ring (bicyclic) bond motifs is 3. The lowest BCUT2D eigenvalue weighted by Crippen LogP contribution is -1.97. The molecule has 0 atom stereocenters. The first-order valence-corrected chi connectivity index (χ1v) is 6.78. The van der Waals surface area contributed by atoms with Gasteiger partial charge in [0, 0.05) is 23.5 Å². The van der Waals surface area contributed by atoms with E-state index in [1.165, 1.54) is 10.9 Å². The minimum absolute atomic E-state index is 0.519. The predicted molar refractivity (Wildman–Crippen MR) is 79.1 cm³/mol. The van der Waals surface area contributed by atoms with Crippen molar-refractivity contribution in [2.24, 2.45) is 0 Å². The molecule has 0 bridgehead atoms. The maximum absolute atomic E-state index is 6.04. The zero-order chi connectivity index (χ0) is 13.4. The highest BCUT2D eigenvalue weighted by molar-refractivity contribution is 6.09. The molecule has 2 heterocycles. The highest BCUT2D eigenvalue weighted by atomic mass is 15.3. The van der Waals surface area contributed by atoms with E-state index < -0.39 is 0 Å². The molecule has 0 fully saturated rings. The van der Waals surface area contributed by atoms with Gasteiger partial charge in [-0.1, -0.05) is 26.0 Å². The molecule has 4 heteroatoms. The van der Waals surface area contributed by atoms with E-state index in [9.17, 15) is 0 Å². The number of aromatic nitrogens is 3. The summed E-state index contributed by atoms with van der Waals surface area (Å²) in [6, 6.07) is 6.20. The Bertz CT molecular complexity index is 743. The number of nitrogen functional groups attached to an aromatic ring is 1. The Hall–Kier alpha value is -2.10. The third-order valence-electron chi connectivity index (χ3n) is 3.48. The van der Waals surface area contributed by atoms with Crippen LogP contribution < -0.4 is 5.73 Å². The van der Waals surface area contributed by atoms with Gasteiger partial charge in [-0.3, -0.25) is 4.68 Å². The molecule has 0 radical (unpaired) electrons. The molecule has 0 saturated heterocycles. The fraction of sp³-hybridized carbons (Fsp3) is 0.333. The van der Waals surface area contributed by atoms with E-state index in [4.69, 9.17) is 5.73 Å². The zero-order valence-electron chi connectivity index (χ0n) is 11.3. The van der Waals surface area contributed by atoms with Crippen molar-refractivity contribution in [2.45, 2.75) is 33.2 Å². The summed E-state index contributed by atoms with van der Waals surface area (Å²) in [7, 11) is 0. The largest absolute Gasteiger partial charge is 0.382 e. The number of hydrogen-bond acceptors (Lipinski definition) is 3. The lowest BCUT2D eigenvalue weighted by Gasteiger charge is -2.05. The second kappa shape index (κ2) is 4.53. The van der Waals surface area contributed by atoms with Crippen LogP contribution in [0.2, 0.25) is 0 Å². The van der Waals surface area contributed by atoms with Gasteiger partial charge in [0.1, 0.15) is 5.52 Å². The Morgan fingerprint density at radius 2 is 2.11 bits per heavy atom. The maximum atomic E-state index is 6.04. The monoisotopic (exact) mass is 254 g/mol. The first-order chi connectivity index (χ1) is 9.24. The van der Waals surface area contributed by atoms with Crippen molar-refractivity contribution < 1.29 is 0 Å².